The van der Waals surface area contributed by atoms with Crippen molar-refractivity contribution in [1.29, 1.82) is 0 Å². The Kier molecular flexibility index (Phi) is 4.27. The maximum absolute atomic E-state index is 14.5. The highest BCUT2D eigenvalue weighted by Gasteiger charge is 2.32. The fourth-order valence-electron chi connectivity index (χ4n) is 3.52. The fraction of sp³-hybridized carbons (Fsp3) is 0.471. The molecule has 0 aromatic carbocycles. The second-order valence-corrected chi connectivity index (χ2v) is 8.93. The van der Waals surface area contributed by atoms with Gasteiger partial charge in [-0.3, -0.25) is 9.36 Å². The Bertz CT molecular complexity index is 1000. The van der Waals surface area contributed by atoms with Gasteiger partial charge >= 0.3 is 0 Å². The van der Waals surface area contributed by atoms with Crippen LogP contribution in [0.2, 0.25) is 0 Å². The van der Waals surface area contributed by atoms with Gasteiger partial charge in [-0.25, -0.2) is 14.4 Å². The van der Waals surface area contributed by atoms with E-state index in [0.717, 1.165) is 22.3 Å². The molecule has 0 N–H and O–H groups in total. The number of fused-ring (bicyclic) bond motifs is 3. The number of pyridine rings is 1. The molecule has 8 heteroatoms. The number of hydrogen-bond donors (Lipinski definition) is 0. The van der Waals surface area contributed by atoms with Crippen molar-refractivity contribution in [1.82, 2.24) is 14.5 Å². The number of alkyl halides is 2. The molecule has 1 fully saturated rings. The third-order valence-electron chi connectivity index (χ3n) is 4.80. The van der Waals surface area contributed by atoms with E-state index in [1.54, 1.807) is 6.20 Å². The lowest BCUT2D eigenvalue weighted by atomic mass is 9.93. The van der Waals surface area contributed by atoms with E-state index in [1.807, 2.05) is 25.1 Å². The quantitative estimate of drug-likeness (QED) is 0.585. The van der Waals surface area contributed by atoms with Crippen molar-refractivity contribution in [2.24, 2.45) is 0 Å². The van der Waals surface area contributed by atoms with Crippen LogP contribution in [0.15, 0.2) is 23.4 Å². The normalized spacial score (nSPS) is 24.1. The molecule has 5 nitrogen and oxygen atoms in total. The molecule has 0 saturated heterocycles. The molecule has 3 atom stereocenters. The number of nitrogens with zero attached hydrogens (tertiary/aromatic N) is 4. The zero-order chi connectivity index (χ0) is 17.7. The van der Waals surface area contributed by atoms with Gasteiger partial charge in [-0.1, -0.05) is 15.9 Å². The molecule has 3 aromatic rings. The largest absolute Gasteiger partial charge is 0.377 e. The summed E-state index contributed by atoms with van der Waals surface area (Å²) in [7, 11) is 3.90. The molecule has 2 unspecified atom stereocenters. The van der Waals surface area contributed by atoms with Crippen LogP contribution in [0.5, 0.6) is 0 Å². The van der Waals surface area contributed by atoms with Gasteiger partial charge in [0.2, 0.25) is 0 Å². The number of halogens is 2. The van der Waals surface area contributed by atoms with Gasteiger partial charge in [-0.2, -0.15) is 0 Å². The van der Waals surface area contributed by atoms with Crippen molar-refractivity contribution >= 4 is 53.4 Å². The van der Waals surface area contributed by atoms with Gasteiger partial charge in [-0.15, -0.1) is 11.3 Å². The molecule has 25 heavy (non-hydrogen) atoms. The first kappa shape index (κ1) is 16.9. The highest BCUT2D eigenvalue weighted by atomic mass is 79.9. The highest BCUT2D eigenvalue weighted by molar-refractivity contribution is 9.09. The van der Waals surface area contributed by atoms with Crippen LogP contribution in [-0.2, 0) is 0 Å². The first-order chi connectivity index (χ1) is 12.0. The molecule has 1 aliphatic rings. The Morgan fingerprint density at radius 3 is 2.88 bits per heavy atom. The monoisotopic (exact) mass is 424 g/mol. The average molecular weight is 425 g/mol. The smallest absolute Gasteiger partial charge is 0.271 e. The average Bonchev–Trinajstić information content (AvgIpc) is 2.95. The van der Waals surface area contributed by atoms with Crippen molar-refractivity contribution in [3.05, 3.63) is 28.9 Å². The van der Waals surface area contributed by atoms with Crippen molar-refractivity contribution in [2.45, 2.75) is 36.3 Å². The van der Waals surface area contributed by atoms with Crippen molar-refractivity contribution in [3.8, 4) is 0 Å². The lowest BCUT2D eigenvalue weighted by Gasteiger charge is -2.30. The first-order valence-corrected chi connectivity index (χ1v) is 9.94. The first-order valence-electron chi connectivity index (χ1n) is 8.21. The van der Waals surface area contributed by atoms with Crippen LogP contribution < -0.4 is 10.5 Å². The second-order valence-electron chi connectivity index (χ2n) is 6.64. The number of hydrogen-bond acceptors (Lipinski definition) is 5. The second kappa shape index (κ2) is 6.32. The molecule has 1 saturated carbocycles. The van der Waals surface area contributed by atoms with Gasteiger partial charge in [0.25, 0.3) is 5.56 Å². The van der Waals surface area contributed by atoms with Crippen LogP contribution in [0.25, 0.3) is 20.4 Å². The van der Waals surface area contributed by atoms with E-state index in [4.69, 9.17) is 0 Å². The Hall–Kier alpha value is -1.54. The predicted molar refractivity (Wildman–Crippen MR) is 104 cm³/mol. The summed E-state index contributed by atoms with van der Waals surface area (Å²) in [6, 6.07) is 1.47. The predicted octanol–water partition coefficient (Wildman–Crippen LogP) is 3.90. The summed E-state index contributed by atoms with van der Waals surface area (Å²) in [5.41, 5.74) is 1.46. The van der Waals surface area contributed by atoms with Crippen molar-refractivity contribution in [3.63, 3.8) is 0 Å². The van der Waals surface area contributed by atoms with Gasteiger partial charge in [0.15, 0.2) is 0 Å². The fourth-order valence-corrected chi connectivity index (χ4v) is 5.20. The molecular weight excluding hydrogens is 407 g/mol. The topological polar surface area (TPSA) is 51.0 Å². The number of thiophene rings is 1. The molecule has 132 valence electrons. The summed E-state index contributed by atoms with van der Waals surface area (Å²) in [6.45, 7) is 0. The third-order valence-corrected chi connectivity index (χ3v) is 6.70. The van der Waals surface area contributed by atoms with E-state index in [-0.39, 0.29) is 10.4 Å². The molecule has 0 amide bonds. The van der Waals surface area contributed by atoms with E-state index in [1.165, 1.54) is 22.2 Å². The zero-order valence-electron chi connectivity index (χ0n) is 13.9. The van der Waals surface area contributed by atoms with Gasteiger partial charge < -0.3 is 4.90 Å². The zero-order valence-corrected chi connectivity index (χ0v) is 16.3. The molecule has 4 rings (SSSR count). The van der Waals surface area contributed by atoms with Crippen LogP contribution >= 0.6 is 27.3 Å². The van der Waals surface area contributed by atoms with Crippen LogP contribution in [0.3, 0.4) is 0 Å². The van der Waals surface area contributed by atoms with E-state index >= 15 is 0 Å². The van der Waals surface area contributed by atoms with E-state index in [9.17, 15) is 9.18 Å². The molecule has 1 aliphatic carbocycles. The minimum absolute atomic E-state index is 0.168. The van der Waals surface area contributed by atoms with Gasteiger partial charge in [0.05, 0.1) is 29.0 Å². The van der Waals surface area contributed by atoms with E-state index in [2.05, 4.69) is 25.9 Å². The maximum Gasteiger partial charge on any atom is 0.271 e. The standard InChI is InChI=1S/C17H18BrFN4OS/c1-22(2)12-5-6-20-16-13(12)14-15(25-16)17(24)23(8-21-14)11-4-3-9(18)7-10(11)19/h5-6,8-11H,3-4,7H2,1-2H3/t9-,10?,11?/m0/s1. The van der Waals surface area contributed by atoms with Crippen LogP contribution in [0.1, 0.15) is 25.3 Å². The summed E-state index contributed by atoms with van der Waals surface area (Å²) < 4.78 is 16.5. The number of anilines is 1. The van der Waals surface area contributed by atoms with E-state index < -0.39 is 12.2 Å². The molecular formula is C17H18BrFN4OS. The maximum atomic E-state index is 14.5. The van der Waals surface area contributed by atoms with Gasteiger partial charge in [0.1, 0.15) is 15.7 Å². The Morgan fingerprint density at radius 2 is 2.16 bits per heavy atom. The third kappa shape index (κ3) is 2.75. The van der Waals surface area contributed by atoms with Gasteiger partial charge in [-0.05, 0) is 25.3 Å². The van der Waals surface area contributed by atoms with E-state index in [0.29, 0.717) is 23.1 Å². The van der Waals surface area contributed by atoms with Crippen molar-refractivity contribution in [2.75, 3.05) is 19.0 Å². The minimum Gasteiger partial charge on any atom is -0.377 e. The summed E-state index contributed by atoms with van der Waals surface area (Å²) in [5, 5.41) is 0.887. The Morgan fingerprint density at radius 1 is 1.36 bits per heavy atom. The number of aromatic nitrogens is 3. The lowest BCUT2D eigenvalue weighted by Crippen LogP contribution is -2.35. The molecule has 0 radical (unpaired) electrons. The molecule has 0 bridgehead atoms. The molecule has 3 heterocycles. The Balaban J connectivity index is 1.91. The van der Waals surface area contributed by atoms with Crippen molar-refractivity contribution < 1.29 is 4.39 Å². The van der Waals surface area contributed by atoms with Gasteiger partial charge in [0, 0.05) is 25.1 Å². The minimum atomic E-state index is -1.04. The summed E-state index contributed by atoms with van der Waals surface area (Å²) in [5.74, 6) is 0. The molecule has 0 aliphatic heterocycles. The lowest BCUT2D eigenvalue weighted by molar-refractivity contribution is 0.171. The molecule has 0 spiro atoms. The number of rotatable bonds is 2. The Labute approximate surface area is 156 Å². The van der Waals surface area contributed by atoms with Crippen LogP contribution in [-0.4, -0.2) is 39.6 Å². The summed E-state index contributed by atoms with van der Waals surface area (Å²) >= 11 is 4.81. The van der Waals surface area contributed by atoms with Crippen LogP contribution in [0.4, 0.5) is 10.1 Å². The molecule has 3 aromatic heterocycles. The summed E-state index contributed by atoms with van der Waals surface area (Å²) in [6.07, 6.45) is 4.12. The van der Waals surface area contributed by atoms with Crippen LogP contribution in [0, 0.1) is 0 Å². The SMILES string of the molecule is CN(C)c1ccnc2sc3c(=O)n(C4CC[C@H](Br)CC4F)cnc3c12. The highest BCUT2D eigenvalue weighted by Crippen LogP contribution is 2.37. The summed E-state index contributed by atoms with van der Waals surface area (Å²) in [4.78, 5) is 24.9.